The predicted octanol–water partition coefficient (Wildman–Crippen LogP) is 1.78. The molecule has 14 heavy (non-hydrogen) atoms. The van der Waals surface area contributed by atoms with Crippen LogP contribution in [-0.4, -0.2) is 19.8 Å². The quantitative estimate of drug-likeness (QED) is 0.709. The normalized spacial score (nSPS) is 22.4. The van der Waals surface area contributed by atoms with E-state index in [9.17, 15) is 0 Å². The Labute approximate surface area is 88.6 Å². The second-order valence-corrected chi connectivity index (χ2v) is 4.80. The molecule has 3 heteroatoms. The van der Waals surface area contributed by atoms with Gasteiger partial charge in [-0.25, -0.2) is 0 Å². The third kappa shape index (κ3) is 1.16. The van der Waals surface area contributed by atoms with Gasteiger partial charge in [-0.3, -0.25) is 0 Å². The van der Waals surface area contributed by atoms with Crippen molar-refractivity contribution in [2.45, 2.75) is 11.2 Å². The Morgan fingerprint density at radius 2 is 2.14 bits per heavy atom. The van der Waals surface area contributed by atoms with Gasteiger partial charge in [-0.05, 0) is 17.2 Å². The molecule has 0 unspecified atom stereocenters. The third-order valence-electron chi connectivity index (χ3n) is 2.91. The number of benzene rings is 1. The van der Waals surface area contributed by atoms with E-state index < -0.39 is 0 Å². The first-order valence-electron chi connectivity index (χ1n) is 4.84. The molecule has 0 radical (unpaired) electrons. The van der Waals surface area contributed by atoms with Crippen molar-refractivity contribution in [3.8, 4) is 5.75 Å². The van der Waals surface area contributed by atoms with Crippen LogP contribution in [0.15, 0.2) is 18.2 Å². The second-order valence-electron chi connectivity index (χ2n) is 3.95. The molecule has 1 aromatic rings. The molecule has 2 aliphatic heterocycles. The minimum Gasteiger partial charge on any atom is -0.493 e. The van der Waals surface area contributed by atoms with Crippen LogP contribution in [0.25, 0.3) is 0 Å². The topological polar surface area (TPSA) is 18.5 Å². The van der Waals surface area contributed by atoms with Crippen LogP contribution in [0.3, 0.4) is 0 Å². The first kappa shape index (κ1) is 8.62. The van der Waals surface area contributed by atoms with Crippen molar-refractivity contribution in [2.24, 2.45) is 0 Å². The highest BCUT2D eigenvalue weighted by molar-refractivity contribution is 7.81. The van der Waals surface area contributed by atoms with E-state index >= 15 is 0 Å². The smallest absolute Gasteiger partial charge is 0.122 e. The number of thiol groups is 1. The van der Waals surface area contributed by atoms with E-state index in [4.69, 9.17) is 9.47 Å². The van der Waals surface area contributed by atoms with Gasteiger partial charge in [-0.2, -0.15) is 12.6 Å². The maximum absolute atomic E-state index is 5.46. The van der Waals surface area contributed by atoms with Gasteiger partial charge in [-0.15, -0.1) is 0 Å². The summed E-state index contributed by atoms with van der Waals surface area (Å²) in [6, 6.07) is 6.35. The van der Waals surface area contributed by atoms with Crippen LogP contribution in [0, 0.1) is 0 Å². The maximum atomic E-state index is 5.46. The summed E-state index contributed by atoms with van der Waals surface area (Å²) in [5.74, 6) is 1.03. The van der Waals surface area contributed by atoms with E-state index in [1.54, 1.807) is 0 Å². The number of rotatable bonds is 1. The van der Waals surface area contributed by atoms with Crippen molar-refractivity contribution in [2.75, 3.05) is 19.8 Å². The minimum atomic E-state index is -0.0579. The van der Waals surface area contributed by atoms with Gasteiger partial charge in [-0.1, -0.05) is 12.1 Å². The van der Waals surface area contributed by atoms with Crippen LogP contribution in [-0.2, 0) is 15.9 Å². The lowest BCUT2D eigenvalue weighted by Gasteiger charge is -2.37. The van der Waals surface area contributed by atoms with Crippen LogP contribution >= 0.6 is 12.6 Å². The number of fused-ring (bicyclic) bond motifs is 1. The molecule has 0 atom stereocenters. The van der Waals surface area contributed by atoms with Crippen molar-refractivity contribution in [1.82, 2.24) is 0 Å². The number of hydrogen-bond donors (Lipinski definition) is 1. The molecular formula is C11H12O2S. The fourth-order valence-corrected chi connectivity index (χ4v) is 2.26. The molecule has 74 valence electrons. The summed E-state index contributed by atoms with van der Waals surface area (Å²) in [4.78, 5) is 0. The van der Waals surface area contributed by atoms with Crippen LogP contribution in [0.4, 0.5) is 0 Å². The van der Waals surface area contributed by atoms with E-state index in [1.807, 2.05) is 6.07 Å². The van der Waals surface area contributed by atoms with Gasteiger partial charge in [0.1, 0.15) is 5.75 Å². The molecule has 1 aromatic carbocycles. The Morgan fingerprint density at radius 3 is 2.86 bits per heavy atom. The van der Waals surface area contributed by atoms with Crippen LogP contribution in [0.2, 0.25) is 0 Å². The fraction of sp³-hybridized carbons (Fsp3) is 0.455. The zero-order chi connectivity index (χ0) is 9.60. The average Bonchev–Trinajstić information content (AvgIpc) is 2.60. The highest BCUT2D eigenvalue weighted by Crippen LogP contribution is 2.38. The van der Waals surface area contributed by atoms with Gasteiger partial charge in [0, 0.05) is 6.42 Å². The van der Waals surface area contributed by atoms with Crippen molar-refractivity contribution in [3.05, 3.63) is 29.3 Å². The van der Waals surface area contributed by atoms with Gasteiger partial charge in [0.2, 0.25) is 0 Å². The number of ether oxygens (including phenoxy) is 2. The molecule has 2 nitrogen and oxygen atoms in total. The molecule has 0 N–H and O–H groups in total. The zero-order valence-corrected chi connectivity index (χ0v) is 8.72. The van der Waals surface area contributed by atoms with Gasteiger partial charge in [0.15, 0.2) is 0 Å². The SMILES string of the molecule is SC1(c2ccc3c(c2)CCO3)COC1. The van der Waals surface area contributed by atoms with Gasteiger partial charge in [0.05, 0.1) is 24.6 Å². The Morgan fingerprint density at radius 1 is 1.29 bits per heavy atom. The zero-order valence-electron chi connectivity index (χ0n) is 7.82. The monoisotopic (exact) mass is 208 g/mol. The van der Waals surface area contributed by atoms with E-state index in [-0.39, 0.29) is 4.75 Å². The van der Waals surface area contributed by atoms with Crippen LogP contribution in [0.5, 0.6) is 5.75 Å². The minimum absolute atomic E-state index is 0.0579. The molecule has 0 aromatic heterocycles. The van der Waals surface area contributed by atoms with E-state index in [0.717, 1.165) is 32.0 Å². The van der Waals surface area contributed by atoms with Crippen molar-refractivity contribution in [3.63, 3.8) is 0 Å². The van der Waals surface area contributed by atoms with Crippen LogP contribution in [0.1, 0.15) is 11.1 Å². The molecule has 3 rings (SSSR count). The van der Waals surface area contributed by atoms with Crippen molar-refractivity contribution >= 4 is 12.6 Å². The van der Waals surface area contributed by atoms with Gasteiger partial charge >= 0.3 is 0 Å². The average molecular weight is 208 g/mol. The first-order chi connectivity index (χ1) is 6.78. The molecule has 0 aliphatic carbocycles. The highest BCUT2D eigenvalue weighted by atomic mass is 32.1. The third-order valence-corrected chi connectivity index (χ3v) is 3.42. The molecule has 2 aliphatic rings. The summed E-state index contributed by atoms with van der Waals surface area (Å²) in [5, 5.41) is 0. The van der Waals surface area contributed by atoms with Crippen molar-refractivity contribution in [1.29, 1.82) is 0 Å². The van der Waals surface area contributed by atoms with E-state index in [0.29, 0.717) is 0 Å². The predicted molar refractivity (Wildman–Crippen MR) is 57.1 cm³/mol. The summed E-state index contributed by atoms with van der Waals surface area (Å²) in [6.45, 7) is 2.25. The van der Waals surface area contributed by atoms with E-state index in [2.05, 4.69) is 24.8 Å². The van der Waals surface area contributed by atoms with Gasteiger partial charge < -0.3 is 9.47 Å². The molecular weight excluding hydrogens is 196 g/mol. The van der Waals surface area contributed by atoms with Crippen LogP contribution < -0.4 is 4.74 Å². The lowest BCUT2D eigenvalue weighted by molar-refractivity contribution is -0.00971. The largest absolute Gasteiger partial charge is 0.493 e. The molecule has 0 amide bonds. The summed E-state index contributed by atoms with van der Waals surface area (Å²) in [5.41, 5.74) is 2.57. The molecule has 1 fully saturated rings. The summed E-state index contributed by atoms with van der Waals surface area (Å²) in [6.07, 6.45) is 1.02. The Bertz CT molecular complexity index is 372. The standard InChI is InChI=1S/C11H12O2S/c14-11(6-12-7-11)9-1-2-10-8(5-9)3-4-13-10/h1-2,5,14H,3-4,6-7H2. The second kappa shape index (κ2) is 2.91. The first-order valence-corrected chi connectivity index (χ1v) is 5.29. The molecule has 1 saturated heterocycles. The molecule has 0 spiro atoms. The summed E-state index contributed by atoms with van der Waals surface area (Å²) in [7, 11) is 0. The fourth-order valence-electron chi connectivity index (χ4n) is 1.94. The Balaban J connectivity index is 2.00. The molecule has 0 bridgehead atoms. The summed E-state index contributed by atoms with van der Waals surface area (Å²) < 4.78 is 10.6. The molecule has 2 heterocycles. The maximum Gasteiger partial charge on any atom is 0.122 e. The van der Waals surface area contributed by atoms with Crippen molar-refractivity contribution < 1.29 is 9.47 Å². The molecule has 0 saturated carbocycles. The van der Waals surface area contributed by atoms with E-state index in [1.165, 1.54) is 11.1 Å². The highest BCUT2D eigenvalue weighted by Gasteiger charge is 2.37. The number of hydrogen-bond acceptors (Lipinski definition) is 3. The Hall–Kier alpha value is -0.670. The lowest BCUT2D eigenvalue weighted by Crippen LogP contribution is -2.41. The van der Waals surface area contributed by atoms with Gasteiger partial charge in [0.25, 0.3) is 0 Å². The Kier molecular flexibility index (Phi) is 1.79. The summed E-state index contributed by atoms with van der Waals surface area (Å²) >= 11 is 4.64. The lowest BCUT2D eigenvalue weighted by atomic mass is 9.94.